The fourth-order valence-corrected chi connectivity index (χ4v) is 1.78. The smallest absolute Gasteiger partial charge is 0.188 e. The second-order valence-electron chi connectivity index (χ2n) is 3.90. The third-order valence-electron chi connectivity index (χ3n) is 2.82. The van der Waals surface area contributed by atoms with Gasteiger partial charge in [0.05, 0.1) is 6.20 Å². The number of aromatic nitrogens is 2. The first-order valence-corrected chi connectivity index (χ1v) is 5.52. The molecule has 2 N–H and O–H groups in total. The van der Waals surface area contributed by atoms with E-state index in [9.17, 15) is 17.6 Å². The van der Waals surface area contributed by atoms with Crippen LogP contribution in [-0.2, 0) is 6.42 Å². The van der Waals surface area contributed by atoms with Crippen molar-refractivity contribution in [3.8, 4) is 11.8 Å². The molecule has 0 unspecified atom stereocenters. The van der Waals surface area contributed by atoms with Gasteiger partial charge in [0.25, 0.3) is 0 Å². The molecule has 2 aromatic rings. The molecule has 1 heterocycles. The first-order chi connectivity index (χ1) is 9.43. The summed E-state index contributed by atoms with van der Waals surface area (Å²) in [4.78, 5) is 0. The van der Waals surface area contributed by atoms with Gasteiger partial charge in [-0.05, 0) is 6.42 Å². The zero-order valence-electron chi connectivity index (χ0n) is 10.2. The number of rotatable bonds is 2. The minimum Gasteiger partial charge on any atom is -0.382 e. The van der Waals surface area contributed by atoms with Crippen molar-refractivity contribution in [2.75, 3.05) is 5.73 Å². The van der Waals surface area contributed by atoms with Crippen molar-refractivity contribution in [3.05, 3.63) is 40.6 Å². The highest BCUT2D eigenvalue weighted by Crippen LogP contribution is 2.29. The lowest BCUT2D eigenvalue weighted by molar-refractivity contribution is 0.432. The summed E-state index contributed by atoms with van der Waals surface area (Å²) in [6.07, 6.45) is 0.724. The molecule has 0 fully saturated rings. The van der Waals surface area contributed by atoms with Crippen LogP contribution in [-0.4, -0.2) is 9.78 Å². The average Bonchev–Trinajstić information content (AvgIpc) is 2.79. The fraction of sp³-hybridized carbons (Fsp3) is 0.167. The van der Waals surface area contributed by atoms with Gasteiger partial charge in [0.15, 0.2) is 23.3 Å². The summed E-state index contributed by atoms with van der Waals surface area (Å²) in [6.45, 7) is 1.36. The molecule has 2 rings (SSSR count). The summed E-state index contributed by atoms with van der Waals surface area (Å²) in [5.41, 5.74) is 3.51. The molecule has 0 saturated carbocycles. The van der Waals surface area contributed by atoms with Crippen molar-refractivity contribution in [1.82, 2.24) is 9.78 Å². The molecule has 0 aliphatic heterocycles. The van der Waals surface area contributed by atoms with E-state index in [4.69, 9.17) is 11.0 Å². The van der Waals surface area contributed by atoms with Gasteiger partial charge < -0.3 is 5.73 Å². The predicted molar refractivity (Wildman–Crippen MR) is 61.9 cm³/mol. The van der Waals surface area contributed by atoms with Crippen molar-refractivity contribution in [3.63, 3.8) is 0 Å². The summed E-state index contributed by atoms with van der Waals surface area (Å²) in [5, 5.41) is 12.2. The van der Waals surface area contributed by atoms with E-state index in [1.165, 1.54) is 6.92 Å². The largest absolute Gasteiger partial charge is 0.382 e. The molecule has 4 nitrogen and oxygen atoms in total. The van der Waals surface area contributed by atoms with Gasteiger partial charge >= 0.3 is 0 Å². The van der Waals surface area contributed by atoms with E-state index in [2.05, 4.69) is 5.10 Å². The SMILES string of the molecule is CCc1c(F)c(F)c(-n2ncc(C#N)c2N)c(F)c1F. The predicted octanol–water partition coefficient (Wildman–Crippen LogP) is 2.44. The molecule has 104 valence electrons. The summed E-state index contributed by atoms with van der Waals surface area (Å²) in [6, 6.07) is 1.64. The van der Waals surface area contributed by atoms with Gasteiger partial charge in [-0.3, -0.25) is 0 Å². The second-order valence-corrected chi connectivity index (χ2v) is 3.90. The Morgan fingerprint density at radius 3 is 2.15 bits per heavy atom. The van der Waals surface area contributed by atoms with Gasteiger partial charge in [-0.2, -0.15) is 10.4 Å². The zero-order chi connectivity index (χ0) is 15.0. The number of nitrogens with two attached hydrogens (primary N) is 1. The standard InChI is InChI=1S/C12H8F4N4/c1-2-6-7(13)9(15)11(10(16)8(6)14)20-12(18)5(3-17)4-19-20/h4H,2,18H2,1H3. The third-order valence-corrected chi connectivity index (χ3v) is 2.82. The molecule has 1 aromatic heterocycles. The normalized spacial score (nSPS) is 10.6. The lowest BCUT2D eigenvalue weighted by Gasteiger charge is -2.11. The van der Waals surface area contributed by atoms with Crippen LogP contribution < -0.4 is 5.73 Å². The lowest BCUT2D eigenvalue weighted by atomic mass is 10.1. The molecule has 1 aromatic carbocycles. The molecule has 0 bridgehead atoms. The van der Waals surface area contributed by atoms with Crippen LogP contribution in [0.25, 0.3) is 5.69 Å². The van der Waals surface area contributed by atoms with Crippen molar-refractivity contribution >= 4 is 5.82 Å². The Kier molecular flexibility index (Phi) is 3.36. The van der Waals surface area contributed by atoms with E-state index in [-0.39, 0.29) is 12.0 Å². The van der Waals surface area contributed by atoms with Crippen LogP contribution in [0.3, 0.4) is 0 Å². The second kappa shape index (κ2) is 4.85. The summed E-state index contributed by atoms with van der Waals surface area (Å²) < 4.78 is 55.6. The molecule has 0 saturated heterocycles. The number of hydrogen-bond acceptors (Lipinski definition) is 3. The van der Waals surface area contributed by atoms with Gasteiger partial charge in [0, 0.05) is 5.56 Å². The van der Waals surface area contributed by atoms with E-state index < -0.39 is 40.3 Å². The number of halogens is 4. The molecule has 0 atom stereocenters. The van der Waals surface area contributed by atoms with Crippen LogP contribution in [0.2, 0.25) is 0 Å². The van der Waals surface area contributed by atoms with Crippen LogP contribution in [0.15, 0.2) is 6.20 Å². The highest BCUT2D eigenvalue weighted by Gasteiger charge is 2.27. The van der Waals surface area contributed by atoms with E-state index in [1.807, 2.05) is 0 Å². The van der Waals surface area contributed by atoms with Crippen molar-refractivity contribution in [2.45, 2.75) is 13.3 Å². The van der Waals surface area contributed by atoms with Crippen LogP contribution in [0.1, 0.15) is 18.1 Å². The lowest BCUT2D eigenvalue weighted by Crippen LogP contribution is -2.13. The number of benzene rings is 1. The van der Waals surface area contributed by atoms with Gasteiger partial charge in [-0.25, -0.2) is 22.2 Å². The Balaban J connectivity index is 2.82. The van der Waals surface area contributed by atoms with Crippen LogP contribution in [0.4, 0.5) is 23.4 Å². The number of nitrogen functional groups attached to an aromatic ring is 1. The summed E-state index contributed by atoms with van der Waals surface area (Å²) in [5.74, 6) is -6.64. The van der Waals surface area contributed by atoms with Crippen molar-refractivity contribution in [2.24, 2.45) is 0 Å². The highest BCUT2D eigenvalue weighted by atomic mass is 19.2. The molecule has 0 aliphatic carbocycles. The van der Waals surface area contributed by atoms with E-state index >= 15 is 0 Å². The van der Waals surface area contributed by atoms with E-state index in [1.54, 1.807) is 6.07 Å². The number of hydrogen-bond donors (Lipinski definition) is 1. The molecular formula is C12H8F4N4. The monoisotopic (exact) mass is 284 g/mol. The topological polar surface area (TPSA) is 67.6 Å². The molecule has 20 heavy (non-hydrogen) atoms. The van der Waals surface area contributed by atoms with Crippen molar-refractivity contribution in [1.29, 1.82) is 5.26 Å². The number of nitrogens with zero attached hydrogens (tertiary/aromatic N) is 3. The molecule has 0 radical (unpaired) electrons. The van der Waals surface area contributed by atoms with E-state index in [0.717, 1.165) is 6.20 Å². The maximum Gasteiger partial charge on any atom is 0.188 e. The molecule has 0 amide bonds. The Hall–Kier alpha value is -2.56. The highest BCUT2D eigenvalue weighted by molar-refractivity contribution is 5.54. The molecule has 0 aliphatic rings. The molecular weight excluding hydrogens is 276 g/mol. The van der Waals surface area contributed by atoms with Crippen LogP contribution in [0, 0.1) is 34.6 Å². The third kappa shape index (κ3) is 1.79. The Labute approximate surface area is 111 Å². The molecule has 8 heteroatoms. The summed E-state index contributed by atoms with van der Waals surface area (Å²) in [7, 11) is 0. The molecule has 0 spiro atoms. The minimum absolute atomic E-state index is 0.163. The zero-order valence-corrected chi connectivity index (χ0v) is 10.2. The Morgan fingerprint density at radius 1 is 1.20 bits per heavy atom. The number of anilines is 1. The van der Waals surface area contributed by atoms with Crippen molar-refractivity contribution < 1.29 is 17.6 Å². The first kappa shape index (κ1) is 13.9. The Bertz CT molecular complexity index is 701. The van der Waals surface area contributed by atoms with Crippen LogP contribution in [0.5, 0.6) is 0 Å². The fourth-order valence-electron chi connectivity index (χ4n) is 1.78. The first-order valence-electron chi connectivity index (χ1n) is 5.52. The Morgan fingerprint density at radius 2 is 1.75 bits per heavy atom. The van der Waals surface area contributed by atoms with Gasteiger partial charge in [0.1, 0.15) is 23.1 Å². The van der Waals surface area contributed by atoms with E-state index in [0.29, 0.717) is 4.68 Å². The summed E-state index contributed by atoms with van der Waals surface area (Å²) >= 11 is 0. The number of nitriles is 1. The average molecular weight is 284 g/mol. The van der Waals surface area contributed by atoms with Crippen LogP contribution >= 0.6 is 0 Å². The maximum atomic E-state index is 13.9. The van der Waals surface area contributed by atoms with Gasteiger partial charge in [-0.1, -0.05) is 6.92 Å². The van der Waals surface area contributed by atoms with Gasteiger partial charge in [0.2, 0.25) is 0 Å². The maximum absolute atomic E-state index is 13.9. The van der Waals surface area contributed by atoms with Gasteiger partial charge in [-0.15, -0.1) is 0 Å². The minimum atomic E-state index is -1.61. The quantitative estimate of drug-likeness (QED) is 0.680.